The number of rotatable bonds is 5. The summed E-state index contributed by atoms with van der Waals surface area (Å²) in [7, 11) is 2.06. The number of ketones is 2. The molecule has 45 heavy (non-hydrogen) atoms. The summed E-state index contributed by atoms with van der Waals surface area (Å²) in [5, 5.41) is 19.0. The Balaban J connectivity index is 0.000000138. The zero-order valence-electron chi connectivity index (χ0n) is 26.3. The van der Waals surface area contributed by atoms with Crippen molar-refractivity contribution in [3.63, 3.8) is 0 Å². The molecule has 6 nitrogen and oxygen atoms in total. The number of carbonyl (C=O) groups excluding carboxylic acids is 2. The molecule has 5 aromatic rings. The highest BCUT2D eigenvalue weighted by atomic mass is 16.3. The van der Waals surface area contributed by atoms with Gasteiger partial charge in [-0.15, -0.1) is 0 Å². The van der Waals surface area contributed by atoms with E-state index in [0.29, 0.717) is 18.7 Å². The second-order valence-electron chi connectivity index (χ2n) is 11.2. The van der Waals surface area contributed by atoms with Crippen molar-refractivity contribution in [3.05, 3.63) is 143 Å². The van der Waals surface area contributed by atoms with E-state index in [9.17, 15) is 9.59 Å². The van der Waals surface area contributed by atoms with E-state index < -0.39 is 0 Å². The Labute approximate surface area is 265 Å². The summed E-state index contributed by atoms with van der Waals surface area (Å²) in [5.74, 6) is -0.619. The van der Waals surface area contributed by atoms with E-state index in [0.717, 1.165) is 17.7 Å². The van der Waals surface area contributed by atoms with E-state index in [2.05, 4.69) is 85.4 Å². The van der Waals surface area contributed by atoms with Crippen LogP contribution >= 0.6 is 0 Å². The molecule has 1 heterocycles. The van der Waals surface area contributed by atoms with Gasteiger partial charge in [-0.05, 0) is 66.6 Å². The van der Waals surface area contributed by atoms with E-state index >= 15 is 0 Å². The van der Waals surface area contributed by atoms with Crippen LogP contribution in [0.4, 0.5) is 5.69 Å². The molecule has 2 aliphatic carbocycles. The Bertz CT molecular complexity index is 1740. The average molecular weight is 603 g/mol. The van der Waals surface area contributed by atoms with Gasteiger partial charge in [0.2, 0.25) is 11.6 Å². The van der Waals surface area contributed by atoms with Gasteiger partial charge in [0.25, 0.3) is 0 Å². The number of allylic oxidation sites excluding steroid dienone is 1. The van der Waals surface area contributed by atoms with Crippen LogP contribution in [0.25, 0.3) is 17.0 Å². The van der Waals surface area contributed by atoms with Crippen LogP contribution in [-0.4, -0.2) is 52.6 Å². The number of anilines is 1. The zero-order chi connectivity index (χ0) is 32.2. The van der Waals surface area contributed by atoms with Crippen molar-refractivity contribution in [2.75, 3.05) is 31.2 Å². The molecule has 2 aliphatic rings. The summed E-state index contributed by atoms with van der Waals surface area (Å²) < 4.78 is 2.12. The summed E-state index contributed by atoms with van der Waals surface area (Å²) in [6.45, 7) is 5.54. The molecule has 0 fully saturated rings. The number of aryl methyl sites for hydroxylation is 2. The van der Waals surface area contributed by atoms with Gasteiger partial charge in [0.15, 0.2) is 0 Å². The third-order valence-corrected chi connectivity index (χ3v) is 7.73. The van der Waals surface area contributed by atoms with Gasteiger partial charge in [0, 0.05) is 49.5 Å². The molecule has 232 valence electrons. The molecule has 1 aromatic heterocycles. The lowest BCUT2D eigenvalue weighted by Gasteiger charge is -2.22. The number of aliphatic hydroxyl groups is 2. The molecular weight excluding hydrogens is 560 g/mol. The summed E-state index contributed by atoms with van der Waals surface area (Å²) in [6.07, 6.45) is 5.77. The third-order valence-electron chi connectivity index (χ3n) is 7.73. The van der Waals surface area contributed by atoms with Gasteiger partial charge in [-0.3, -0.25) is 9.59 Å². The Morgan fingerprint density at radius 2 is 1.33 bits per heavy atom. The van der Waals surface area contributed by atoms with Gasteiger partial charge in [-0.1, -0.05) is 96.1 Å². The standard InChI is InChI=1S/C11H17NO2.C10H10.C9H9N.C9H6O2/c1-10-2-4-11(5-3-10)12(6-8-13)7-9-14;1-8-6-9-4-2-3-5-10(9)7-8;1-10-7-6-8-4-2-3-5-9(8)10;10-8-5-6-3-1-2-4-7(6)9(8)11/h2-5,13-14H,6-9H2,1H3;2-6H,7H2,1H3;2-7H,1H3;1-4H,5H2. The van der Waals surface area contributed by atoms with Gasteiger partial charge in [-0.2, -0.15) is 0 Å². The molecule has 4 aromatic carbocycles. The molecule has 6 heteroatoms. The highest BCUT2D eigenvalue weighted by molar-refractivity contribution is 6.47. The van der Waals surface area contributed by atoms with E-state index in [-0.39, 0.29) is 31.2 Å². The molecule has 0 amide bonds. The van der Waals surface area contributed by atoms with Gasteiger partial charge in [-0.25, -0.2) is 0 Å². The molecule has 0 saturated heterocycles. The quantitative estimate of drug-likeness (QED) is 0.222. The van der Waals surface area contributed by atoms with Crippen molar-refractivity contribution in [2.24, 2.45) is 7.05 Å². The van der Waals surface area contributed by atoms with E-state index in [4.69, 9.17) is 10.2 Å². The minimum absolute atomic E-state index is 0.105. The Morgan fingerprint density at radius 3 is 1.98 bits per heavy atom. The number of benzene rings is 4. The fraction of sp³-hybridized carbons (Fsp3) is 0.231. The van der Waals surface area contributed by atoms with Gasteiger partial charge >= 0.3 is 0 Å². The topological polar surface area (TPSA) is 82.8 Å². The maximum absolute atomic E-state index is 11.0. The van der Waals surface area contributed by atoms with Crippen LogP contribution < -0.4 is 4.90 Å². The second-order valence-corrected chi connectivity index (χ2v) is 11.2. The summed E-state index contributed by atoms with van der Waals surface area (Å²) in [5.41, 5.74) is 9.34. The minimum Gasteiger partial charge on any atom is -0.395 e. The highest BCUT2D eigenvalue weighted by Gasteiger charge is 2.26. The number of carbonyl (C=O) groups is 2. The number of Topliss-reactive ketones (excluding diaryl/α,β-unsaturated/α-hetero) is 2. The molecule has 0 radical (unpaired) electrons. The first-order valence-electron chi connectivity index (χ1n) is 15.2. The maximum atomic E-state index is 11.0. The van der Waals surface area contributed by atoms with Crippen LogP contribution in [0.3, 0.4) is 0 Å². The highest BCUT2D eigenvalue weighted by Crippen LogP contribution is 2.23. The Kier molecular flexibility index (Phi) is 12.0. The van der Waals surface area contributed by atoms with Gasteiger partial charge in [0.05, 0.1) is 13.2 Å². The first kappa shape index (κ1) is 33.1. The lowest BCUT2D eigenvalue weighted by atomic mass is 10.1. The smallest absolute Gasteiger partial charge is 0.229 e. The number of hydrogen-bond donors (Lipinski definition) is 2. The first-order valence-corrected chi connectivity index (χ1v) is 15.2. The summed E-state index contributed by atoms with van der Waals surface area (Å²) in [4.78, 5) is 23.9. The second kappa shape index (κ2) is 16.3. The Hall–Kier alpha value is -4.78. The number of hydrogen-bond acceptors (Lipinski definition) is 5. The maximum Gasteiger partial charge on any atom is 0.229 e. The molecule has 0 saturated carbocycles. The van der Waals surface area contributed by atoms with E-state index in [1.807, 2.05) is 48.2 Å². The molecule has 0 atom stereocenters. The number of nitrogens with zero attached hydrogens (tertiary/aromatic N) is 2. The van der Waals surface area contributed by atoms with Crippen molar-refractivity contribution in [1.82, 2.24) is 4.57 Å². The molecule has 7 rings (SSSR count). The van der Waals surface area contributed by atoms with Crippen LogP contribution in [-0.2, 0) is 24.7 Å². The van der Waals surface area contributed by atoms with Crippen LogP contribution in [0, 0.1) is 6.92 Å². The molecule has 0 bridgehead atoms. The van der Waals surface area contributed by atoms with Crippen LogP contribution in [0.1, 0.15) is 39.5 Å². The zero-order valence-corrected chi connectivity index (χ0v) is 26.3. The predicted molar refractivity (Wildman–Crippen MR) is 184 cm³/mol. The van der Waals surface area contributed by atoms with Crippen LogP contribution in [0.5, 0.6) is 0 Å². The molecule has 2 N–H and O–H groups in total. The number of aromatic nitrogens is 1. The molecule has 0 aliphatic heterocycles. The van der Waals surface area contributed by atoms with Crippen LogP contribution in [0.15, 0.2) is 115 Å². The number of fused-ring (bicyclic) bond motifs is 3. The minimum atomic E-state index is -0.333. The number of para-hydroxylation sites is 1. The predicted octanol–water partition coefficient (Wildman–Crippen LogP) is 6.60. The molecule has 0 spiro atoms. The summed E-state index contributed by atoms with van der Waals surface area (Å²) in [6, 6.07) is 34.2. The van der Waals surface area contributed by atoms with Crippen molar-refractivity contribution < 1.29 is 19.8 Å². The van der Waals surface area contributed by atoms with Crippen molar-refractivity contribution in [1.29, 1.82) is 0 Å². The fourth-order valence-corrected chi connectivity index (χ4v) is 5.34. The summed E-state index contributed by atoms with van der Waals surface area (Å²) >= 11 is 0. The van der Waals surface area contributed by atoms with Crippen molar-refractivity contribution in [3.8, 4) is 0 Å². The average Bonchev–Trinajstić information content (AvgIpc) is 3.72. The largest absolute Gasteiger partial charge is 0.395 e. The third kappa shape index (κ3) is 9.11. The first-order chi connectivity index (χ1) is 21.8. The Morgan fingerprint density at radius 1 is 0.711 bits per heavy atom. The van der Waals surface area contributed by atoms with Crippen molar-refractivity contribution >= 4 is 34.2 Å². The van der Waals surface area contributed by atoms with Crippen molar-refractivity contribution in [2.45, 2.75) is 26.7 Å². The van der Waals surface area contributed by atoms with Gasteiger partial charge < -0.3 is 19.7 Å². The lowest BCUT2D eigenvalue weighted by Crippen LogP contribution is -2.29. The lowest BCUT2D eigenvalue weighted by molar-refractivity contribution is -0.114. The van der Waals surface area contributed by atoms with E-state index in [1.54, 1.807) is 12.1 Å². The van der Waals surface area contributed by atoms with Gasteiger partial charge in [0.1, 0.15) is 0 Å². The molecular formula is C39H42N2O4. The fourth-order valence-electron chi connectivity index (χ4n) is 5.34. The molecule has 0 unspecified atom stereocenters. The monoisotopic (exact) mass is 602 g/mol. The van der Waals surface area contributed by atoms with E-state index in [1.165, 1.54) is 33.2 Å². The van der Waals surface area contributed by atoms with Crippen LogP contribution in [0.2, 0.25) is 0 Å². The number of aliphatic hydroxyl groups excluding tert-OH is 2. The normalized spacial score (nSPS) is 12.5. The SMILES string of the molecule is CC1=Cc2ccccc2C1.Cc1ccc(N(CCO)CCO)cc1.Cn1ccc2ccccc21.O=C1Cc2ccccc2C1=O.